The fourth-order valence-electron chi connectivity index (χ4n) is 1.66. The molecule has 0 bridgehead atoms. The normalized spacial score (nSPS) is 11.1. The van der Waals surface area contributed by atoms with Gasteiger partial charge in [-0.05, 0) is 17.7 Å². The third-order valence-corrected chi connectivity index (χ3v) is 2.62. The van der Waals surface area contributed by atoms with E-state index in [1.54, 1.807) is 12.1 Å². The molecule has 4 heteroatoms. The molecule has 0 aliphatic heterocycles. The molecule has 0 heterocycles. The lowest BCUT2D eigenvalue weighted by Crippen LogP contribution is -2.19. The van der Waals surface area contributed by atoms with Gasteiger partial charge in [-0.1, -0.05) is 48.5 Å². The molecule has 0 N–H and O–H groups in total. The minimum absolute atomic E-state index is 0.179. The Kier molecular flexibility index (Phi) is 4.89. The number of esters is 1. The quantitative estimate of drug-likeness (QED) is 0.275. The van der Waals surface area contributed by atoms with Crippen LogP contribution in [0, 0.1) is 5.21 Å². The number of ether oxygens (including phenoxy) is 1. The molecule has 0 saturated carbocycles. The maximum absolute atomic E-state index is 11.6. The van der Waals surface area contributed by atoms with E-state index in [1.165, 1.54) is 6.21 Å². The Labute approximate surface area is 117 Å². The summed E-state index contributed by atoms with van der Waals surface area (Å²) in [5.74, 6) is -0.545. The summed E-state index contributed by atoms with van der Waals surface area (Å²) >= 11 is 0. The second-order valence-corrected chi connectivity index (χ2v) is 4.26. The van der Waals surface area contributed by atoms with Crippen molar-refractivity contribution < 1.29 is 14.3 Å². The molecule has 0 aromatic heterocycles. The first kappa shape index (κ1) is 13.8. The van der Waals surface area contributed by atoms with Gasteiger partial charge in [0, 0.05) is 5.56 Å². The first-order valence-corrected chi connectivity index (χ1v) is 6.27. The zero-order chi connectivity index (χ0) is 14.2. The van der Waals surface area contributed by atoms with E-state index in [4.69, 9.17) is 4.74 Å². The van der Waals surface area contributed by atoms with E-state index in [-0.39, 0.29) is 13.2 Å². The second kappa shape index (κ2) is 7.09. The van der Waals surface area contributed by atoms with Crippen LogP contribution >= 0.6 is 0 Å². The molecule has 4 nitrogen and oxygen atoms in total. The van der Waals surface area contributed by atoms with E-state index in [0.717, 1.165) is 11.1 Å². The van der Waals surface area contributed by atoms with Gasteiger partial charge in [0.1, 0.15) is 6.61 Å². The van der Waals surface area contributed by atoms with E-state index >= 15 is 0 Å². The highest BCUT2D eigenvalue weighted by atomic mass is 16.5. The molecule has 0 aliphatic rings. The summed E-state index contributed by atoms with van der Waals surface area (Å²) in [5, 5.41) is 11.6. The van der Waals surface area contributed by atoms with Crippen molar-refractivity contribution in [2.24, 2.45) is 0 Å². The Morgan fingerprint density at radius 1 is 1.05 bits per heavy atom. The van der Waals surface area contributed by atoms with E-state index in [9.17, 15) is 10.0 Å². The minimum atomic E-state index is -0.545. The highest BCUT2D eigenvalue weighted by Crippen LogP contribution is 2.00. The van der Waals surface area contributed by atoms with Crippen molar-refractivity contribution in [3.63, 3.8) is 0 Å². The van der Waals surface area contributed by atoms with Crippen LogP contribution < -0.4 is 0 Å². The molecule has 0 unspecified atom stereocenters. The summed E-state index contributed by atoms with van der Waals surface area (Å²) in [6.07, 6.45) is 1.36. The molecule has 0 atom stereocenters. The highest BCUT2D eigenvalue weighted by Gasteiger charge is 2.08. The van der Waals surface area contributed by atoms with Gasteiger partial charge in [0.25, 0.3) is 0 Å². The maximum Gasteiger partial charge on any atom is 0.373 e. The average Bonchev–Trinajstić information content (AvgIpc) is 2.47. The minimum Gasteiger partial charge on any atom is -0.623 e. The van der Waals surface area contributed by atoms with Crippen LogP contribution in [0.5, 0.6) is 0 Å². The van der Waals surface area contributed by atoms with Crippen molar-refractivity contribution in [2.45, 2.75) is 6.61 Å². The van der Waals surface area contributed by atoms with Crippen LogP contribution in [0.1, 0.15) is 11.1 Å². The van der Waals surface area contributed by atoms with Crippen molar-refractivity contribution in [1.29, 1.82) is 0 Å². The van der Waals surface area contributed by atoms with Gasteiger partial charge in [-0.3, -0.25) is 0 Å². The number of nitrogens with zero attached hydrogens (tertiary/aromatic N) is 1. The van der Waals surface area contributed by atoms with Gasteiger partial charge in [-0.25, -0.2) is 4.79 Å². The molecule has 0 saturated heterocycles. The summed E-state index contributed by atoms with van der Waals surface area (Å²) < 4.78 is 5.61. The van der Waals surface area contributed by atoms with Crippen molar-refractivity contribution >= 4 is 12.2 Å². The molecular weight excluding hydrogens is 254 g/mol. The van der Waals surface area contributed by atoms with E-state index in [1.807, 2.05) is 48.5 Å². The molecule has 2 aromatic carbocycles. The first-order chi connectivity index (χ1) is 9.74. The van der Waals surface area contributed by atoms with Crippen LogP contribution in [0.4, 0.5) is 0 Å². The maximum atomic E-state index is 11.6. The Morgan fingerprint density at radius 2 is 1.65 bits per heavy atom. The Balaban J connectivity index is 1.84. The molecule has 20 heavy (non-hydrogen) atoms. The molecule has 0 spiro atoms. The summed E-state index contributed by atoms with van der Waals surface area (Å²) in [6.45, 7) is -0.138. The number of rotatable bonds is 5. The van der Waals surface area contributed by atoms with Gasteiger partial charge in [0.05, 0.1) is 0 Å². The first-order valence-electron chi connectivity index (χ1n) is 6.27. The zero-order valence-electron chi connectivity index (χ0n) is 10.9. The number of benzene rings is 2. The molecule has 2 rings (SSSR count). The summed E-state index contributed by atoms with van der Waals surface area (Å²) in [5.41, 5.74) is 1.64. The van der Waals surface area contributed by atoms with Crippen molar-refractivity contribution in [3.8, 4) is 0 Å². The molecule has 0 fully saturated rings. The number of hydrogen-bond acceptors (Lipinski definition) is 3. The molecule has 0 aliphatic carbocycles. The van der Waals surface area contributed by atoms with Gasteiger partial charge in [-0.2, -0.15) is 4.74 Å². The summed E-state index contributed by atoms with van der Waals surface area (Å²) in [6, 6.07) is 18.4. The predicted octanol–water partition coefficient (Wildman–Crippen LogP) is 2.36. The van der Waals surface area contributed by atoms with Crippen LogP contribution in [0.25, 0.3) is 0 Å². The Morgan fingerprint density at radius 3 is 2.30 bits per heavy atom. The lowest BCUT2D eigenvalue weighted by Gasteiger charge is -2.05. The third kappa shape index (κ3) is 4.57. The lowest BCUT2D eigenvalue weighted by molar-refractivity contribution is -0.443. The SMILES string of the molecule is O=C(C/[N+]([O-])=C\c1ccccc1)OCc1ccccc1. The van der Waals surface area contributed by atoms with E-state index in [0.29, 0.717) is 4.74 Å². The summed E-state index contributed by atoms with van der Waals surface area (Å²) in [7, 11) is 0. The van der Waals surface area contributed by atoms with Gasteiger partial charge < -0.3 is 9.94 Å². The number of hydroxylamine groups is 1. The van der Waals surface area contributed by atoms with Gasteiger partial charge >= 0.3 is 5.97 Å². The van der Waals surface area contributed by atoms with Crippen LogP contribution in [0.2, 0.25) is 0 Å². The fraction of sp³-hybridized carbons (Fsp3) is 0.125. The Bertz CT molecular complexity index is 579. The third-order valence-electron chi connectivity index (χ3n) is 2.62. The fourth-order valence-corrected chi connectivity index (χ4v) is 1.66. The molecule has 0 amide bonds. The molecule has 0 radical (unpaired) electrons. The highest BCUT2D eigenvalue weighted by molar-refractivity contribution is 5.77. The number of hydrogen-bond donors (Lipinski definition) is 0. The lowest BCUT2D eigenvalue weighted by atomic mass is 10.2. The standard InChI is InChI=1S/C16H15NO3/c18-16(20-13-15-9-5-2-6-10-15)12-17(19)11-14-7-3-1-4-8-14/h1-11H,12-13H2/b17-11+. The Hall–Kier alpha value is -2.62. The second-order valence-electron chi connectivity index (χ2n) is 4.26. The van der Waals surface area contributed by atoms with Crippen molar-refractivity contribution in [2.75, 3.05) is 6.54 Å². The monoisotopic (exact) mass is 269 g/mol. The van der Waals surface area contributed by atoms with Crippen LogP contribution in [0.3, 0.4) is 0 Å². The molecular formula is C16H15NO3. The summed E-state index contributed by atoms with van der Waals surface area (Å²) in [4.78, 5) is 11.5. The van der Waals surface area contributed by atoms with Gasteiger partial charge in [-0.15, -0.1) is 0 Å². The van der Waals surface area contributed by atoms with Gasteiger partial charge in [0.15, 0.2) is 6.21 Å². The van der Waals surface area contributed by atoms with E-state index < -0.39 is 5.97 Å². The van der Waals surface area contributed by atoms with Gasteiger partial charge in [0.2, 0.25) is 6.54 Å². The van der Waals surface area contributed by atoms with Crippen molar-refractivity contribution in [1.82, 2.24) is 0 Å². The molecule has 2 aromatic rings. The van der Waals surface area contributed by atoms with Crippen molar-refractivity contribution in [3.05, 3.63) is 77.0 Å². The zero-order valence-corrected chi connectivity index (χ0v) is 10.9. The number of carbonyl (C=O) groups excluding carboxylic acids is 1. The van der Waals surface area contributed by atoms with Crippen LogP contribution in [-0.4, -0.2) is 23.5 Å². The topological polar surface area (TPSA) is 52.4 Å². The predicted molar refractivity (Wildman–Crippen MR) is 76.3 cm³/mol. The van der Waals surface area contributed by atoms with Crippen LogP contribution in [-0.2, 0) is 16.1 Å². The van der Waals surface area contributed by atoms with E-state index in [2.05, 4.69) is 0 Å². The smallest absolute Gasteiger partial charge is 0.373 e. The largest absolute Gasteiger partial charge is 0.623 e. The van der Waals surface area contributed by atoms with Crippen LogP contribution in [0.15, 0.2) is 60.7 Å². The molecule has 102 valence electrons. The average molecular weight is 269 g/mol. The number of carbonyl (C=O) groups is 1.